The summed E-state index contributed by atoms with van der Waals surface area (Å²) in [5.74, 6) is 0.0621. The normalized spacial score (nSPS) is 38.1. The van der Waals surface area contributed by atoms with Gasteiger partial charge in [0, 0.05) is 12.5 Å². The highest BCUT2D eigenvalue weighted by atomic mass is 16.3. The minimum atomic E-state index is -0.790. The van der Waals surface area contributed by atoms with E-state index in [1.807, 2.05) is 36.4 Å². The first-order chi connectivity index (χ1) is 18.4. The van der Waals surface area contributed by atoms with E-state index in [1.165, 1.54) is 16.0 Å². The number of aliphatic hydroxyl groups excluding tert-OH is 1. The van der Waals surface area contributed by atoms with Gasteiger partial charge in [0.05, 0.1) is 24.3 Å². The van der Waals surface area contributed by atoms with Crippen molar-refractivity contribution in [1.29, 1.82) is 0 Å². The van der Waals surface area contributed by atoms with E-state index in [4.69, 9.17) is 0 Å². The number of aliphatic hydroxyl groups is 1. The number of imide groups is 1. The number of fused-ring (bicyclic) bond motifs is 10. The quantitative estimate of drug-likeness (QED) is 0.424. The summed E-state index contributed by atoms with van der Waals surface area (Å²) in [6.45, 7) is 8.26. The van der Waals surface area contributed by atoms with Crippen LogP contribution in [0.1, 0.15) is 36.8 Å². The molecule has 2 saturated carbocycles. The molecule has 4 fully saturated rings. The molecule has 9 atom stereocenters. The fraction of sp³-hybridized carbons (Fsp3) is 0.469. The van der Waals surface area contributed by atoms with Gasteiger partial charge in [-0.05, 0) is 60.5 Å². The van der Waals surface area contributed by atoms with Crippen molar-refractivity contribution in [3.05, 3.63) is 84.0 Å². The van der Waals surface area contributed by atoms with E-state index in [1.54, 1.807) is 4.90 Å². The fourth-order valence-electron chi connectivity index (χ4n) is 8.86. The summed E-state index contributed by atoms with van der Waals surface area (Å²) in [5.41, 5.74) is 4.32. The van der Waals surface area contributed by atoms with E-state index in [2.05, 4.69) is 25.3 Å². The minimum absolute atomic E-state index is 0.0334. The van der Waals surface area contributed by atoms with E-state index in [0.717, 1.165) is 36.8 Å². The van der Waals surface area contributed by atoms with Gasteiger partial charge in [-0.2, -0.15) is 0 Å². The molecule has 2 saturated heterocycles. The summed E-state index contributed by atoms with van der Waals surface area (Å²) in [6, 6.07) is 7.75. The second-order valence-electron chi connectivity index (χ2n) is 12.1. The molecule has 1 aromatic rings. The highest BCUT2D eigenvalue weighted by molar-refractivity contribution is 6.06. The van der Waals surface area contributed by atoms with Gasteiger partial charge in [-0.15, -0.1) is 13.2 Å². The molecule has 6 nitrogen and oxygen atoms in total. The van der Waals surface area contributed by atoms with Crippen LogP contribution in [0.25, 0.3) is 0 Å². The first-order valence-corrected chi connectivity index (χ1v) is 14.0. The molecular formula is C32H34N2O4. The second kappa shape index (κ2) is 8.63. The Morgan fingerprint density at radius 1 is 0.816 bits per heavy atom. The molecule has 0 radical (unpaired) electrons. The summed E-state index contributed by atoms with van der Waals surface area (Å²) in [7, 11) is 0. The monoisotopic (exact) mass is 510 g/mol. The molecule has 38 heavy (non-hydrogen) atoms. The van der Waals surface area contributed by atoms with Gasteiger partial charge in [0.25, 0.3) is 0 Å². The van der Waals surface area contributed by atoms with Gasteiger partial charge in [0.1, 0.15) is 6.23 Å². The van der Waals surface area contributed by atoms with E-state index in [-0.39, 0.29) is 71.6 Å². The highest BCUT2D eigenvalue weighted by Crippen LogP contribution is 2.58. The van der Waals surface area contributed by atoms with Crippen molar-refractivity contribution in [2.75, 3.05) is 0 Å². The molecular weight excluding hydrogens is 476 g/mol. The number of benzene rings is 1. The van der Waals surface area contributed by atoms with Gasteiger partial charge >= 0.3 is 0 Å². The Morgan fingerprint density at radius 3 is 2.13 bits per heavy atom. The van der Waals surface area contributed by atoms with Gasteiger partial charge in [-0.1, -0.05) is 59.7 Å². The number of allylic oxidation sites excluding steroid dienone is 6. The maximum atomic E-state index is 13.4. The molecule has 196 valence electrons. The van der Waals surface area contributed by atoms with E-state index in [9.17, 15) is 19.5 Å². The lowest BCUT2D eigenvalue weighted by atomic mass is 9.80. The minimum Gasteiger partial charge on any atom is -0.373 e. The van der Waals surface area contributed by atoms with Crippen molar-refractivity contribution in [2.24, 2.45) is 47.3 Å². The molecule has 0 aromatic heterocycles. The molecule has 6 heteroatoms. The Hall–Kier alpha value is -3.25. The topological polar surface area (TPSA) is 77.9 Å². The smallest absolute Gasteiger partial charge is 0.234 e. The summed E-state index contributed by atoms with van der Waals surface area (Å²) in [6.07, 6.45) is 10.9. The molecule has 4 bridgehead atoms. The zero-order chi connectivity index (χ0) is 26.3. The summed E-state index contributed by atoms with van der Waals surface area (Å²) < 4.78 is 0. The van der Waals surface area contributed by atoms with Crippen LogP contribution >= 0.6 is 0 Å². The van der Waals surface area contributed by atoms with Crippen LogP contribution in [0, 0.1) is 47.3 Å². The number of hydrogen-bond acceptors (Lipinski definition) is 4. The average Bonchev–Trinajstić information content (AvgIpc) is 3.73. The van der Waals surface area contributed by atoms with Crippen molar-refractivity contribution >= 4 is 17.7 Å². The van der Waals surface area contributed by atoms with Crippen molar-refractivity contribution < 1.29 is 19.5 Å². The molecule has 7 rings (SSSR count). The third kappa shape index (κ3) is 3.25. The molecule has 1 N–H and O–H groups in total. The van der Waals surface area contributed by atoms with Crippen LogP contribution in [-0.4, -0.2) is 38.9 Å². The zero-order valence-electron chi connectivity index (χ0n) is 21.5. The Morgan fingerprint density at radius 2 is 1.42 bits per heavy atom. The summed E-state index contributed by atoms with van der Waals surface area (Å²) in [5, 5.41) is 11.2. The number of amides is 3. The maximum Gasteiger partial charge on any atom is 0.234 e. The first-order valence-electron chi connectivity index (χ1n) is 14.0. The molecule has 0 spiro atoms. The molecule has 9 unspecified atom stereocenters. The van der Waals surface area contributed by atoms with E-state index in [0.29, 0.717) is 6.54 Å². The summed E-state index contributed by atoms with van der Waals surface area (Å²) >= 11 is 0. The van der Waals surface area contributed by atoms with E-state index < -0.39 is 6.23 Å². The van der Waals surface area contributed by atoms with Crippen molar-refractivity contribution in [3.63, 3.8) is 0 Å². The summed E-state index contributed by atoms with van der Waals surface area (Å²) in [4.78, 5) is 43.2. The predicted molar refractivity (Wildman–Crippen MR) is 142 cm³/mol. The first kappa shape index (κ1) is 23.8. The largest absolute Gasteiger partial charge is 0.373 e. The van der Waals surface area contributed by atoms with Crippen LogP contribution in [0.2, 0.25) is 0 Å². The third-order valence-corrected chi connectivity index (χ3v) is 10.3. The average molecular weight is 511 g/mol. The maximum absolute atomic E-state index is 13.4. The molecule has 6 aliphatic rings. The third-order valence-electron chi connectivity index (χ3n) is 10.3. The van der Waals surface area contributed by atoms with Gasteiger partial charge in [-0.3, -0.25) is 19.3 Å². The second-order valence-corrected chi connectivity index (χ2v) is 12.1. The highest BCUT2D eigenvalue weighted by Gasteiger charge is 2.62. The molecule has 4 aliphatic carbocycles. The lowest BCUT2D eigenvalue weighted by Gasteiger charge is -2.26. The van der Waals surface area contributed by atoms with Crippen molar-refractivity contribution in [1.82, 2.24) is 9.80 Å². The van der Waals surface area contributed by atoms with Crippen molar-refractivity contribution in [3.8, 4) is 0 Å². The van der Waals surface area contributed by atoms with Crippen LogP contribution in [0.15, 0.2) is 72.9 Å². The molecule has 3 amide bonds. The number of likely N-dealkylation sites (tertiary alicyclic amines) is 2. The van der Waals surface area contributed by atoms with E-state index >= 15 is 0 Å². The predicted octanol–water partition coefficient (Wildman–Crippen LogP) is 3.99. The number of hydrogen-bond donors (Lipinski definition) is 1. The Labute approximate surface area is 223 Å². The van der Waals surface area contributed by atoms with Crippen LogP contribution in [0.4, 0.5) is 0 Å². The Balaban J connectivity index is 1.06. The number of nitrogens with zero attached hydrogens (tertiary/aromatic N) is 2. The standard InChI is InChI=1S/C32H34N2O4/c1-3-6-19-11-21-13-23(19)27-25(21)29(35)33(31(27)37)15-17-8-5-9-18(10-17)16-34-30(36)26-22-12-20(7-4-2)24(14-22)28(26)32(34)38/h3-5,8-12,21-29,35H,1-2,6-7,13-16H2. The molecule has 2 aliphatic heterocycles. The van der Waals surface area contributed by atoms with Crippen LogP contribution in [-0.2, 0) is 27.5 Å². The van der Waals surface area contributed by atoms with Crippen molar-refractivity contribution in [2.45, 2.75) is 45.0 Å². The Bertz CT molecular complexity index is 1330. The fourth-order valence-corrected chi connectivity index (χ4v) is 8.86. The van der Waals surface area contributed by atoms with Gasteiger partial charge in [0.15, 0.2) is 0 Å². The number of rotatable bonds is 8. The van der Waals surface area contributed by atoms with Crippen LogP contribution in [0.5, 0.6) is 0 Å². The van der Waals surface area contributed by atoms with Crippen LogP contribution in [0.3, 0.4) is 0 Å². The van der Waals surface area contributed by atoms with Gasteiger partial charge < -0.3 is 10.0 Å². The lowest BCUT2D eigenvalue weighted by Crippen LogP contribution is -2.36. The molecule has 1 aromatic carbocycles. The SMILES string of the molecule is C=CCC1=CC2CC1C1C(=O)N(Cc3cccc(CN4C(=O)C5C6CC(C=C6CC=C)C5C4O)c3)C(=O)C21. The zero-order valence-corrected chi connectivity index (χ0v) is 21.5. The number of carbonyl (C=O) groups is 3. The van der Waals surface area contributed by atoms with Gasteiger partial charge in [-0.25, -0.2) is 0 Å². The van der Waals surface area contributed by atoms with Crippen LogP contribution < -0.4 is 0 Å². The number of carbonyl (C=O) groups excluding carboxylic acids is 3. The Kier molecular flexibility index (Phi) is 5.42. The van der Waals surface area contributed by atoms with Gasteiger partial charge in [0.2, 0.25) is 17.7 Å². The molecule has 2 heterocycles. The lowest BCUT2D eigenvalue weighted by molar-refractivity contribution is -0.141.